The second-order valence-electron chi connectivity index (χ2n) is 8.04. The number of aliphatic hydroxyl groups is 1. The van der Waals surface area contributed by atoms with Gasteiger partial charge < -0.3 is 15.3 Å². The molecule has 0 aliphatic carbocycles. The molecule has 3 rings (SSSR count). The minimum atomic E-state index is -1.16. The van der Waals surface area contributed by atoms with E-state index in [0.717, 1.165) is 6.07 Å². The van der Waals surface area contributed by atoms with E-state index < -0.39 is 29.0 Å². The van der Waals surface area contributed by atoms with E-state index in [1.807, 2.05) is 36.4 Å². The summed E-state index contributed by atoms with van der Waals surface area (Å²) in [5, 5.41) is 13.8. The molecule has 2 N–H and O–H groups in total. The molecule has 4 nitrogen and oxygen atoms in total. The fourth-order valence-corrected chi connectivity index (χ4v) is 4.00. The van der Waals surface area contributed by atoms with E-state index in [9.17, 15) is 23.1 Å². The van der Waals surface area contributed by atoms with Crippen LogP contribution >= 0.6 is 22.6 Å². The minimum Gasteiger partial charge on any atom is -0.386 e. The van der Waals surface area contributed by atoms with Crippen molar-refractivity contribution in [3.05, 3.63) is 68.0 Å². The molecule has 0 unspecified atom stereocenters. The third-order valence-electron chi connectivity index (χ3n) is 5.21. The van der Waals surface area contributed by atoms with Gasteiger partial charge in [-0.3, -0.25) is 4.79 Å². The molecule has 30 heavy (non-hydrogen) atoms. The Balaban J connectivity index is 1.78. The van der Waals surface area contributed by atoms with E-state index in [4.69, 9.17) is 0 Å². The zero-order chi connectivity index (χ0) is 22.1. The lowest BCUT2D eigenvalue weighted by atomic mass is 9.88. The first-order valence-corrected chi connectivity index (χ1v) is 10.8. The standard InChI is InChI=1S/C22H24F3IN2O2/c1-13(2)27-8-7-22(30)11-28(12-22)21(29)16-5-6-18(23)20(25)17(16)9-14-3-4-15(26)10-19(14)24/h3-6,10,13,27,30H,7-9,11-12H2,1-2H3. The van der Waals surface area contributed by atoms with Crippen molar-refractivity contribution in [1.82, 2.24) is 10.2 Å². The van der Waals surface area contributed by atoms with Crippen LogP contribution in [0.3, 0.4) is 0 Å². The third-order valence-corrected chi connectivity index (χ3v) is 5.88. The Bertz CT molecular complexity index is 946. The Morgan fingerprint density at radius 1 is 1.20 bits per heavy atom. The topological polar surface area (TPSA) is 52.6 Å². The van der Waals surface area contributed by atoms with Gasteiger partial charge in [0, 0.05) is 27.2 Å². The van der Waals surface area contributed by atoms with Crippen molar-refractivity contribution < 1.29 is 23.1 Å². The summed E-state index contributed by atoms with van der Waals surface area (Å²) < 4.78 is 43.4. The highest BCUT2D eigenvalue weighted by Crippen LogP contribution is 2.29. The number of likely N-dealkylation sites (tertiary alicyclic amines) is 1. The highest BCUT2D eigenvalue weighted by molar-refractivity contribution is 14.1. The van der Waals surface area contributed by atoms with Crippen molar-refractivity contribution in [2.24, 2.45) is 0 Å². The van der Waals surface area contributed by atoms with Gasteiger partial charge >= 0.3 is 0 Å². The molecule has 2 aromatic rings. The van der Waals surface area contributed by atoms with E-state index in [1.54, 1.807) is 6.07 Å². The van der Waals surface area contributed by atoms with E-state index >= 15 is 0 Å². The van der Waals surface area contributed by atoms with Crippen LogP contribution in [0, 0.1) is 21.0 Å². The maximum Gasteiger partial charge on any atom is 0.254 e. The summed E-state index contributed by atoms with van der Waals surface area (Å²) in [4.78, 5) is 14.3. The average molecular weight is 532 g/mol. The smallest absolute Gasteiger partial charge is 0.254 e. The number of nitrogens with one attached hydrogen (secondary N) is 1. The van der Waals surface area contributed by atoms with Gasteiger partial charge in [0.15, 0.2) is 11.6 Å². The molecule has 162 valence electrons. The fourth-order valence-electron chi connectivity index (χ4n) is 3.55. The Morgan fingerprint density at radius 2 is 1.90 bits per heavy atom. The molecule has 0 atom stereocenters. The van der Waals surface area contributed by atoms with Crippen LogP contribution in [0.25, 0.3) is 0 Å². The van der Waals surface area contributed by atoms with Crippen LogP contribution in [-0.2, 0) is 6.42 Å². The second kappa shape index (κ2) is 9.23. The quantitative estimate of drug-likeness (QED) is 0.533. The van der Waals surface area contributed by atoms with Gasteiger partial charge in [-0.1, -0.05) is 19.9 Å². The van der Waals surface area contributed by atoms with E-state index in [0.29, 0.717) is 16.5 Å². The highest BCUT2D eigenvalue weighted by atomic mass is 127. The van der Waals surface area contributed by atoms with E-state index in [-0.39, 0.29) is 42.2 Å². The molecule has 0 bridgehead atoms. The summed E-state index contributed by atoms with van der Waals surface area (Å²) in [5.41, 5.74) is -1.03. The Labute approximate surface area is 187 Å². The first-order chi connectivity index (χ1) is 14.1. The molecule has 1 aliphatic heterocycles. The van der Waals surface area contributed by atoms with Crippen LogP contribution in [-0.4, -0.2) is 47.2 Å². The van der Waals surface area contributed by atoms with Crippen molar-refractivity contribution in [1.29, 1.82) is 0 Å². The summed E-state index contributed by atoms with van der Waals surface area (Å²) in [5.74, 6) is -3.29. The number of carbonyl (C=O) groups excluding carboxylic acids is 1. The normalized spacial score (nSPS) is 15.4. The molecular formula is C22H24F3IN2O2. The van der Waals surface area contributed by atoms with Gasteiger partial charge in [-0.15, -0.1) is 0 Å². The largest absolute Gasteiger partial charge is 0.386 e. The first kappa shape index (κ1) is 23.0. The average Bonchev–Trinajstić information content (AvgIpc) is 2.64. The van der Waals surface area contributed by atoms with Gasteiger partial charge in [0.2, 0.25) is 0 Å². The maximum absolute atomic E-state index is 14.6. The SMILES string of the molecule is CC(C)NCCC1(O)CN(C(=O)c2ccc(F)c(F)c2Cc2ccc(I)cc2F)C1. The number of hydrogen-bond donors (Lipinski definition) is 2. The molecule has 0 saturated carbocycles. The second-order valence-corrected chi connectivity index (χ2v) is 9.29. The van der Waals surface area contributed by atoms with Crippen LogP contribution in [0.2, 0.25) is 0 Å². The van der Waals surface area contributed by atoms with Gasteiger partial charge in [0.05, 0.1) is 13.1 Å². The van der Waals surface area contributed by atoms with E-state index in [1.165, 1.54) is 23.1 Å². The van der Waals surface area contributed by atoms with Crippen molar-refractivity contribution in [3.63, 3.8) is 0 Å². The summed E-state index contributed by atoms with van der Waals surface area (Å²) in [6.45, 7) is 4.84. The third kappa shape index (κ3) is 5.15. The zero-order valence-electron chi connectivity index (χ0n) is 16.8. The molecule has 8 heteroatoms. The van der Waals surface area contributed by atoms with Gasteiger partial charge in [0.1, 0.15) is 11.4 Å². The molecule has 2 aromatic carbocycles. The summed E-state index contributed by atoms with van der Waals surface area (Å²) in [6, 6.07) is 6.87. The van der Waals surface area contributed by atoms with Crippen LogP contribution < -0.4 is 5.32 Å². The Hall–Kier alpha value is -1.65. The van der Waals surface area contributed by atoms with Crippen molar-refractivity contribution in [3.8, 4) is 0 Å². The molecule has 1 aliphatic rings. The number of rotatable bonds is 7. The number of nitrogens with zero attached hydrogens (tertiary/aromatic N) is 1. The van der Waals surface area contributed by atoms with Gasteiger partial charge in [-0.05, 0) is 65.4 Å². The minimum absolute atomic E-state index is 0.0193. The Kier molecular flexibility index (Phi) is 7.09. The molecule has 0 radical (unpaired) electrons. The lowest BCUT2D eigenvalue weighted by Crippen LogP contribution is -2.64. The summed E-state index contributed by atoms with van der Waals surface area (Å²) >= 11 is 1.96. The van der Waals surface area contributed by atoms with Crippen LogP contribution in [0.4, 0.5) is 13.2 Å². The predicted octanol–water partition coefficient (Wildman–Crippen LogP) is 3.87. The number of halogens is 4. The van der Waals surface area contributed by atoms with Gasteiger partial charge in [-0.2, -0.15) is 0 Å². The molecule has 1 heterocycles. The van der Waals surface area contributed by atoms with Crippen LogP contribution in [0.1, 0.15) is 41.8 Å². The molecule has 1 amide bonds. The number of hydrogen-bond acceptors (Lipinski definition) is 3. The number of carbonyl (C=O) groups is 1. The molecule has 0 spiro atoms. The summed E-state index contributed by atoms with van der Waals surface area (Å²) in [7, 11) is 0. The predicted molar refractivity (Wildman–Crippen MR) is 117 cm³/mol. The first-order valence-electron chi connectivity index (χ1n) is 9.75. The van der Waals surface area contributed by atoms with Crippen LogP contribution in [0.5, 0.6) is 0 Å². The number of β-amino-alcohol motifs (C(OH)–C–C–N with tert-alkyl or cyclic N) is 1. The molecule has 0 aromatic heterocycles. The maximum atomic E-state index is 14.6. The van der Waals surface area contributed by atoms with E-state index in [2.05, 4.69) is 5.32 Å². The van der Waals surface area contributed by atoms with Gasteiger partial charge in [-0.25, -0.2) is 13.2 Å². The number of benzene rings is 2. The molecule has 1 fully saturated rings. The lowest BCUT2D eigenvalue weighted by Gasteiger charge is -2.47. The van der Waals surface area contributed by atoms with Crippen LogP contribution in [0.15, 0.2) is 30.3 Å². The number of amides is 1. The molecule has 1 saturated heterocycles. The highest BCUT2D eigenvalue weighted by Gasteiger charge is 2.43. The van der Waals surface area contributed by atoms with Gasteiger partial charge in [0.25, 0.3) is 5.91 Å². The van der Waals surface area contributed by atoms with Crippen molar-refractivity contribution in [2.45, 2.75) is 38.3 Å². The monoisotopic (exact) mass is 532 g/mol. The summed E-state index contributed by atoms with van der Waals surface area (Å²) in [6.07, 6.45) is 0.233. The fraction of sp³-hybridized carbons (Fsp3) is 0.409. The van der Waals surface area contributed by atoms with Crippen molar-refractivity contribution in [2.75, 3.05) is 19.6 Å². The Morgan fingerprint density at radius 3 is 2.53 bits per heavy atom. The zero-order valence-corrected chi connectivity index (χ0v) is 19.0. The molecular weight excluding hydrogens is 508 g/mol. The lowest BCUT2D eigenvalue weighted by molar-refractivity contribution is -0.0853. The van der Waals surface area contributed by atoms with Crippen molar-refractivity contribution >= 4 is 28.5 Å².